The number of carbonyl (C=O) groups is 1. The van der Waals surface area contributed by atoms with Gasteiger partial charge in [-0.15, -0.1) is 11.8 Å². The molecule has 1 unspecified atom stereocenters. The summed E-state index contributed by atoms with van der Waals surface area (Å²) < 4.78 is 0. The number of nitrogen functional groups attached to an aromatic ring is 1. The highest BCUT2D eigenvalue weighted by Crippen LogP contribution is 2.30. The van der Waals surface area contributed by atoms with Gasteiger partial charge >= 0.3 is 0 Å². The summed E-state index contributed by atoms with van der Waals surface area (Å²) in [6.45, 7) is 7.73. The first-order valence-corrected chi connectivity index (χ1v) is 6.98. The molecule has 0 fully saturated rings. The van der Waals surface area contributed by atoms with Gasteiger partial charge in [-0.2, -0.15) is 0 Å². The molecular weight excluding hydrogens is 268 g/mol. The Morgan fingerprint density at radius 2 is 2.06 bits per heavy atom. The van der Waals surface area contributed by atoms with Crippen molar-refractivity contribution < 1.29 is 4.79 Å². The Bertz CT molecular complexity index is 443. The van der Waals surface area contributed by atoms with Crippen LogP contribution in [0.25, 0.3) is 0 Å². The first-order chi connectivity index (χ1) is 8.19. The monoisotopic (exact) mass is 286 g/mol. The summed E-state index contributed by atoms with van der Waals surface area (Å²) in [5.41, 5.74) is 6.24. The molecular formula is C13H19ClN2OS. The lowest BCUT2D eigenvalue weighted by Gasteiger charge is -2.23. The van der Waals surface area contributed by atoms with Crippen molar-refractivity contribution in [2.24, 2.45) is 0 Å². The Balaban J connectivity index is 2.69. The van der Waals surface area contributed by atoms with Gasteiger partial charge in [0.05, 0.1) is 5.25 Å². The molecule has 0 saturated carbocycles. The fourth-order valence-electron chi connectivity index (χ4n) is 1.34. The molecule has 0 aliphatic heterocycles. The van der Waals surface area contributed by atoms with Crippen molar-refractivity contribution in [1.29, 1.82) is 0 Å². The van der Waals surface area contributed by atoms with E-state index in [-0.39, 0.29) is 16.7 Å². The first-order valence-electron chi connectivity index (χ1n) is 5.73. The van der Waals surface area contributed by atoms with E-state index in [0.29, 0.717) is 10.7 Å². The molecule has 0 saturated heterocycles. The summed E-state index contributed by atoms with van der Waals surface area (Å²) >= 11 is 7.27. The van der Waals surface area contributed by atoms with Crippen molar-refractivity contribution in [2.75, 3.05) is 5.73 Å². The molecule has 0 heterocycles. The zero-order chi connectivity index (χ0) is 13.9. The molecule has 0 radical (unpaired) electrons. The highest BCUT2D eigenvalue weighted by molar-refractivity contribution is 8.00. The summed E-state index contributed by atoms with van der Waals surface area (Å²) in [4.78, 5) is 12.8. The molecule has 3 nitrogen and oxygen atoms in total. The second-order valence-corrected chi connectivity index (χ2v) is 7.00. The molecule has 1 amide bonds. The summed E-state index contributed by atoms with van der Waals surface area (Å²) in [5.74, 6) is 0.00171. The standard InChI is InChI=1S/C13H19ClN2OS/c1-8(12(17)16-13(2,3)4)18-11-6-5-9(14)7-10(11)15/h5-8H,15H2,1-4H3,(H,16,17). The van der Waals surface area contributed by atoms with Gasteiger partial charge < -0.3 is 11.1 Å². The van der Waals surface area contributed by atoms with Gasteiger partial charge in [0.2, 0.25) is 5.91 Å². The lowest BCUT2D eigenvalue weighted by molar-refractivity contribution is -0.121. The third kappa shape index (κ3) is 4.78. The Labute approximate surface area is 117 Å². The molecule has 1 aromatic carbocycles. The molecule has 5 heteroatoms. The second-order valence-electron chi connectivity index (χ2n) is 5.18. The third-order valence-electron chi connectivity index (χ3n) is 2.14. The Morgan fingerprint density at radius 3 is 2.56 bits per heavy atom. The Morgan fingerprint density at radius 1 is 1.44 bits per heavy atom. The Kier molecular flexibility index (Phi) is 4.93. The van der Waals surface area contributed by atoms with Crippen molar-refractivity contribution >= 4 is 35.0 Å². The molecule has 0 spiro atoms. The first kappa shape index (κ1) is 15.2. The number of hydrogen-bond acceptors (Lipinski definition) is 3. The maximum absolute atomic E-state index is 11.9. The van der Waals surface area contributed by atoms with Crippen LogP contribution in [0.1, 0.15) is 27.7 Å². The molecule has 100 valence electrons. The molecule has 0 bridgehead atoms. The van der Waals surface area contributed by atoms with Gasteiger partial charge in [-0.25, -0.2) is 0 Å². The van der Waals surface area contributed by atoms with E-state index in [1.165, 1.54) is 11.8 Å². The molecule has 18 heavy (non-hydrogen) atoms. The predicted octanol–water partition coefficient (Wildman–Crippen LogP) is 3.32. The second kappa shape index (κ2) is 5.85. The number of rotatable bonds is 3. The Hall–Kier alpha value is -0.870. The lowest BCUT2D eigenvalue weighted by Crippen LogP contribution is -2.44. The summed E-state index contributed by atoms with van der Waals surface area (Å²) in [5, 5.41) is 3.34. The molecule has 1 aromatic rings. The maximum atomic E-state index is 11.9. The van der Waals surface area contributed by atoms with Crippen LogP contribution in [-0.2, 0) is 4.79 Å². The average molecular weight is 287 g/mol. The largest absolute Gasteiger partial charge is 0.398 e. The van der Waals surface area contributed by atoms with Crippen LogP contribution in [0.2, 0.25) is 5.02 Å². The van der Waals surface area contributed by atoms with Crippen LogP contribution < -0.4 is 11.1 Å². The average Bonchev–Trinajstić information content (AvgIpc) is 2.19. The van der Waals surface area contributed by atoms with E-state index in [1.807, 2.05) is 33.8 Å². The SMILES string of the molecule is CC(Sc1ccc(Cl)cc1N)C(=O)NC(C)(C)C. The van der Waals surface area contributed by atoms with E-state index in [1.54, 1.807) is 12.1 Å². The van der Waals surface area contributed by atoms with Crippen LogP contribution in [0.15, 0.2) is 23.1 Å². The van der Waals surface area contributed by atoms with E-state index >= 15 is 0 Å². The number of nitrogens with one attached hydrogen (secondary N) is 1. The van der Waals surface area contributed by atoms with E-state index in [2.05, 4.69) is 5.32 Å². The number of nitrogens with two attached hydrogens (primary N) is 1. The zero-order valence-electron chi connectivity index (χ0n) is 11.1. The minimum atomic E-state index is -0.225. The number of thioether (sulfide) groups is 1. The van der Waals surface area contributed by atoms with Crippen LogP contribution in [0.3, 0.4) is 0 Å². The molecule has 0 aliphatic carbocycles. The number of carbonyl (C=O) groups excluding carboxylic acids is 1. The lowest BCUT2D eigenvalue weighted by atomic mass is 10.1. The number of halogens is 1. The predicted molar refractivity (Wildman–Crippen MR) is 79.1 cm³/mol. The minimum absolute atomic E-state index is 0.00171. The van der Waals surface area contributed by atoms with Gasteiger partial charge in [0.1, 0.15) is 0 Å². The van der Waals surface area contributed by atoms with Crippen LogP contribution in [0.4, 0.5) is 5.69 Å². The molecule has 1 rings (SSSR count). The van der Waals surface area contributed by atoms with Crippen LogP contribution in [0, 0.1) is 0 Å². The number of amides is 1. The van der Waals surface area contributed by atoms with Crippen LogP contribution >= 0.6 is 23.4 Å². The van der Waals surface area contributed by atoms with Crippen LogP contribution in [-0.4, -0.2) is 16.7 Å². The van der Waals surface area contributed by atoms with Crippen molar-refractivity contribution in [1.82, 2.24) is 5.32 Å². The molecule has 1 atom stereocenters. The van der Waals surface area contributed by atoms with Gasteiger partial charge in [0.15, 0.2) is 0 Å². The highest BCUT2D eigenvalue weighted by atomic mass is 35.5. The normalized spacial score (nSPS) is 13.2. The molecule has 0 aromatic heterocycles. The number of benzene rings is 1. The van der Waals surface area contributed by atoms with Gasteiger partial charge in [-0.05, 0) is 45.9 Å². The quantitative estimate of drug-likeness (QED) is 0.662. The highest BCUT2D eigenvalue weighted by Gasteiger charge is 2.20. The maximum Gasteiger partial charge on any atom is 0.233 e. The van der Waals surface area contributed by atoms with Gasteiger partial charge in [0, 0.05) is 21.1 Å². The van der Waals surface area contributed by atoms with Crippen molar-refractivity contribution in [3.8, 4) is 0 Å². The van der Waals surface area contributed by atoms with E-state index in [4.69, 9.17) is 17.3 Å². The van der Waals surface area contributed by atoms with Crippen molar-refractivity contribution in [3.63, 3.8) is 0 Å². The number of hydrogen-bond donors (Lipinski definition) is 2. The smallest absolute Gasteiger partial charge is 0.233 e. The molecule has 3 N–H and O–H groups in total. The van der Waals surface area contributed by atoms with Crippen molar-refractivity contribution in [3.05, 3.63) is 23.2 Å². The van der Waals surface area contributed by atoms with Gasteiger partial charge in [0.25, 0.3) is 0 Å². The van der Waals surface area contributed by atoms with E-state index in [9.17, 15) is 4.79 Å². The van der Waals surface area contributed by atoms with Gasteiger partial charge in [-0.3, -0.25) is 4.79 Å². The molecule has 0 aliphatic rings. The summed E-state index contributed by atoms with van der Waals surface area (Å²) in [6, 6.07) is 5.30. The number of anilines is 1. The third-order valence-corrected chi connectivity index (χ3v) is 3.57. The van der Waals surface area contributed by atoms with Crippen LogP contribution in [0.5, 0.6) is 0 Å². The van der Waals surface area contributed by atoms with Gasteiger partial charge in [-0.1, -0.05) is 11.6 Å². The topological polar surface area (TPSA) is 55.1 Å². The van der Waals surface area contributed by atoms with E-state index < -0.39 is 0 Å². The van der Waals surface area contributed by atoms with Crippen molar-refractivity contribution in [2.45, 2.75) is 43.4 Å². The fourth-order valence-corrected chi connectivity index (χ4v) is 2.41. The van der Waals surface area contributed by atoms with E-state index in [0.717, 1.165) is 4.90 Å². The zero-order valence-corrected chi connectivity index (χ0v) is 12.7. The minimum Gasteiger partial charge on any atom is -0.398 e. The summed E-state index contributed by atoms with van der Waals surface area (Å²) in [6.07, 6.45) is 0. The summed E-state index contributed by atoms with van der Waals surface area (Å²) in [7, 11) is 0. The fraction of sp³-hybridized carbons (Fsp3) is 0.462.